The van der Waals surface area contributed by atoms with Crippen molar-refractivity contribution < 1.29 is 0 Å². The molecule has 2 nitrogen and oxygen atoms in total. The van der Waals surface area contributed by atoms with Crippen LogP contribution in [0, 0.1) is 0 Å². The second-order valence-electron chi connectivity index (χ2n) is 2.79. The second kappa shape index (κ2) is 3.81. The van der Waals surface area contributed by atoms with Gasteiger partial charge in [-0.05, 0) is 12.1 Å². The first kappa shape index (κ1) is 7.92. The van der Waals surface area contributed by atoms with E-state index < -0.39 is 0 Å². The SMILES string of the molecule is C1=CC(N=Cc2ccccn2)C=C1. The zero-order valence-electron chi connectivity index (χ0n) is 7.17. The zero-order valence-corrected chi connectivity index (χ0v) is 7.17. The van der Waals surface area contributed by atoms with Crippen molar-refractivity contribution in [2.24, 2.45) is 4.99 Å². The van der Waals surface area contributed by atoms with Crippen molar-refractivity contribution in [2.75, 3.05) is 0 Å². The number of aromatic nitrogens is 1. The molecule has 1 heterocycles. The van der Waals surface area contributed by atoms with Gasteiger partial charge in [0.2, 0.25) is 0 Å². The lowest BCUT2D eigenvalue weighted by Gasteiger charge is -1.95. The van der Waals surface area contributed by atoms with E-state index in [1.807, 2.05) is 42.5 Å². The molecular formula is C11H10N2. The predicted molar refractivity (Wildman–Crippen MR) is 53.9 cm³/mol. The molecule has 0 saturated carbocycles. The fourth-order valence-electron chi connectivity index (χ4n) is 1.13. The van der Waals surface area contributed by atoms with Crippen LogP contribution in [0.4, 0.5) is 0 Å². The molecule has 0 radical (unpaired) electrons. The molecule has 0 atom stereocenters. The van der Waals surface area contributed by atoms with Crippen LogP contribution >= 0.6 is 0 Å². The molecule has 0 aromatic carbocycles. The highest BCUT2D eigenvalue weighted by Gasteiger charge is 1.97. The maximum Gasteiger partial charge on any atom is 0.0868 e. The zero-order chi connectivity index (χ0) is 8.93. The first-order valence-electron chi connectivity index (χ1n) is 4.24. The summed E-state index contributed by atoms with van der Waals surface area (Å²) in [7, 11) is 0. The fourth-order valence-corrected chi connectivity index (χ4v) is 1.13. The second-order valence-corrected chi connectivity index (χ2v) is 2.79. The Bertz CT molecular complexity index is 338. The number of hydrogen-bond donors (Lipinski definition) is 0. The van der Waals surface area contributed by atoms with Crippen molar-refractivity contribution in [2.45, 2.75) is 6.04 Å². The van der Waals surface area contributed by atoms with Gasteiger partial charge < -0.3 is 0 Å². The standard InChI is InChI=1S/C11H10N2/c1-2-6-10(5-1)13-9-11-7-3-4-8-12-11/h1-10H. The molecule has 13 heavy (non-hydrogen) atoms. The van der Waals surface area contributed by atoms with Crippen LogP contribution in [0.3, 0.4) is 0 Å². The van der Waals surface area contributed by atoms with Crippen LogP contribution in [0.25, 0.3) is 0 Å². The Balaban J connectivity index is 2.05. The van der Waals surface area contributed by atoms with E-state index >= 15 is 0 Å². The molecule has 0 bridgehead atoms. The molecular weight excluding hydrogens is 160 g/mol. The summed E-state index contributed by atoms with van der Waals surface area (Å²) in [5, 5.41) is 0. The minimum Gasteiger partial charge on any atom is -0.279 e. The molecule has 1 aliphatic carbocycles. The molecule has 1 aromatic heterocycles. The molecule has 0 aliphatic heterocycles. The molecule has 0 N–H and O–H groups in total. The number of hydrogen-bond acceptors (Lipinski definition) is 2. The number of nitrogens with zero attached hydrogens (tertiary/aromatic N) is 2. The Morgan fingerprint density at radius 2 is 2.08 bits per heavy atom. The Hall–Kier alpha value is -1.70. The molecule has 2 rings (SSSR count). The lowest BCUT2D eigenvalue weighted by atomic mass is 10.3. The smallest absolute Gasteiger partial charge is 0.0868 e. The molecule has 0 amide bonds. The molecule has 1 aliphatic rings. The van der Waals surface area contributed by atoms with E-state index in [1.165, 1.54) is 0 Å². The van der Waals surface area contributed by atoms with Gasteiger partial charge in [-0.1, -0.05) is 30.4 Å². The van der Waals surface area contributed by atoms with Crippen molar-refractivity contribution in [3.05, 3.63) is 54.4 Å². The van der Waals surface area contributed by atoms with Gasteiger partial charge in [-0.25, -0.2) is 0 Å². The first-order chi connectivity index (χ1) is 6.45. The van der Waals surface area contributed by atoms with Gasteiger partial charge in [-0.2, -0.15) is 0 Å². The summed E-state index contributed by atoms with van der Waals surface area (Å²) >= 11 is 0. The van der Waals surface area contributed by atoms with Gasteiger partial charge in [0, 0.05) is 12.4 Å². The summed E-state index contributed by atoms with van der Waals surface area (Å²) in [6, 6.07) is 5.98. The van der Waals surface area contributed by atoms with E-state index in [9.17, 15) is 0 Å². The van der Waals surface area contributed by atoms with Gasteiger partial charge >= 0.3 is 0 Å². The van der Waals surface area contributed by atoms with Crippen LogP contribution in [0.15, 0.2) is 53.7 Å². The molecule has 0 fully saturated rings. The minimum atomic E-state index is 0.196. The highest BCUT2D eigenvalue weighted by molar-refractivity contribution is 5.77. The highest BCUT2D eigenvalue weighted by atomic mass is 14.8. The number of pyridine rings is 1. The Labute approximate surface area is 77.4 Å². The predicted octanol–water partition coefficient (Wildman–Crippen LogP) is 2.00. The Morgan fingerprint density at radius 3 is 2.77 bits per heavy atom. The summed E-state index contributed by atoms with van der Waals surface area (Å²) in [6.45, 7) is 0. The van der Waals surface area contributed by atoms with Gasteiger partial charge in [0.1, 0.15) is 0 Å². The van der Waals surface area contributed by atoms with Gasteiger partial charge in [-0.15, -0.1) is 0 Å². The summed E-state index contributed by atoms with van der Waals surface area (Å²) in [5.41, 5.74) is 0.899. The van der Waals surface area contributed by atoms with E-state index in [2.05, 4.69) is 9.98 Å². The average molecular weight is 170 g/mol. The van der Waals surface area contributed by atoms with Crippen molar-refractivity contribution in [1.82, 2.24) is 4.98 Å². The summed E-state index contributed by atoms with van der Waals surface area (Å²) < 4.78 is 0. The number of aliphatic imine (C=N–C) groups is 1. The van der Waals surface area contributed by atoms with Gasteiger partial charge in [0.05, 0.1) is 11.7 Å². The van der Waals surface area contributed by atoms with Crippen LogP contribution < -0.4 is 0 Å². The highest BCUT2D eigenvalue weighted by Crippen LogP contribution is 2.03. The summed E-state index contributed by atoms with van der Waals surface area (Å²) in [6.07, 6.45) is 11.6. The molecule has 0 unspecified atom stereocenters. The Morgan fingerprint density at radius 1 is 1.23 bits per heavy atom. The van der Waals surface area contributed by atoms with Crippen LogP contribution in [0.2, 0.25) is 0 Å². The van der Waals surface area contributed by atoms with E-state index in [1.54, 1.807) is 12.4 Å². The van der Waals surface area contributed by atoms with E-state index in [-0.39, 0.29) is 6.04 Å². The Kier molecular flexibility index (Phi) is 2.32. The normalized spacial score (nSPS) is 16.0. The molecule has 64 valence electrons. The molecule has 0 spiro atoms. The third-order valence-electron chi connectivity index (χ3n) is 1.79. The fraction of sp³-hybridized carbons (Fsp3) is 0.0909. The molecule has 0 saturated heterocycles. The maximum atomic E-state index is 4.33. The molecule has 2 heteroatoms. The third-order valence-corrected chi connectivity index (χ3v) is 1.79. The van der Waals surface area contributed by atoms with Crippen LogP contribution in [-0.2, 0) is 0 Å². The average Bonchev–Trinajstić information content (AvgIpc) is 2.69. The van der Waals surface area contributed by atoms with Crippen molar-refractivity contribution in [3.63, 3.8) is 0 Å². The van der Waals surface area contributed by atoms with Gasteiger partial charge in [-0.3, -0.25) is 9.98 Å². The van der Waals surface area contributed by atoms with Crippen molar-refractivity contribution in [3.8, 4) is 0 Å². The largest absolute Gasteiger partial charge is 0.279 e. The van der Waals surface area contributed by atoms with E-state index in [0.29, 0.717) is 0 Å². The maximum absolute atomic E-state index is 4.33. The van der Waals surface area contributed by atoms with Crippen LogP contribution in [-0.4, -0.2) is 17.2 Å². The lowest BCUT2D eigenvalue weighted by molar-refractivity contribution is 1.05. The topological polar surface area (TPSA) is 25.2 Å². The third kappa shape index (κ3) is 2.12. The van der Waals surface area contributed by atoms with Crippen LogP contribution in [0.1, 0.15) is 5.69 Å². The van der Waals surface area contributed by atoms with Crippen molar-refractivity contribution >= 4 is 6.21 Å². The monoisotopic (exact) mass is 170 g/mol. The van der Waals surface area contributed by atoms with E-state index in [0.717, 1.165) is 5.69 Å². The van der Waals surface area contributed by atoms with Crippen LogP contribution in [0.5, 0.6) is 0 Å². The van der Waals surface area contributed by atoms with Gasteiger partial charge in [0.25, 0.3) is 0 Å². The quantitative estimate of drug-likeness (QED) is 0.623. The summed E-state index contributed by atoms with van der Waals surface area (Å²) in [4.78, 5) is 8.47. The lowest BCUT2D eigenvalue weighted by Crippen LogP contribution is -1.93. The van der Waals surface area contributed by atoms with Gasteiger partial charge in [0.15, 0.2) is 0 Å². The number of allylic oxidation sites excluding steroid dienone is 2. The minimum absolute atomic E-state index is 0.196. The van der Waals surface area contributed by atoms with Crippen molar-refractivity contribution in [1.29, 1.82) is 0 Å². The molecule has 1 aromatic rings. The number of rotatable bonds is 2. The summed E-state index contributed by atoms with van der Waals surface area (Å²) in [5.74, 6) is 0. The van der Waals surface area contributed by atoms with E-state index in [4.69, 9.17) is 0 Å². The first-order valence-corrected chi connectivity index (χ1v) is 4.24.